The molecule has 0 unspecified atom stereocenters. The number of amides is 1. The summed E-state index contributed by atoms with van der Waals surface area (Å²) in [5, 5.41) is 6.64. The van der Waals surface area contributed by atoms with Crippen molar-refractivity contribution in [1.29, 1.82) is 0 Å². The van der Waals surface area contributed by atoms with Crippen LogP contribution in [-0.2, 0) is 0 Å². The quantitative estimate of drug-likeness (QED) is 0.613. The highest BCUT2D eigenvalue weighted by molar-refractivity contribution is 7.00. The van der Waals surface area contributed by atoms with Crippen LogP contribution < -0.4 is 5.32 Å². The van der Waals surface area contributed by atoms with Gasteiger partial charge in [0, 0.05) is 17.3 Å². The van der Waals surface area contributed by atoms with E-state index < -0.39 is 0 Å². The first-order valence-electron chi connectivity index (χ1n) is 7.26. The number of fused-ring (bicyclic) bond motifs is 1. The predicted molar refractivity (Wildman–Crippen MR) is 92.0 cm³/mol. The first-order chi connectivity index (χ1) is 11.7. The molecule has 0 aliphatic heterocycles. The smallest absolute Gasteiger partial charge is 0.277 e. The molecule has 24 heavy (non-hydrogen) atoms. The average molecular weight is 336 g/mol. The maximum Gasteiger partial charge on any atom is 0.277 e. The number of hydrogen-bond acceptors (Lipinski definition) is 6. The van der Waals surface area contributed by atoms with E-state index in [0.29, 0.717) is 11.4 Å². The van der Waals surface area contributed by atoms with Gasteiger partial charge in [-0.2, -0.15) is 8.75 Å². The Labute approximate surface area is 141 Å². The van der Waals surface area contributed by atoms with E-state index in [1.807, 2.05) is 37.3 Å². The van der Waals surface area contributed by atoms with Gasteiger partial charge in [-0.15, -0.1) is 0 Å². The van der Waals surface area contributed by atoms with Gasteiger partial charge in [-0.25, -0.2) is 0 Å². The van der Waals surface area contributed by atoms with E-state index in [1.165, 1.54) is 0 Å². The van der Waals surface area contributed by atoms with E-state index in [0.717, 1.165) is 33.9 Å². The second-order valence-corrected chi connectivity index (χ2v) is 5.89. The number of aryl methyl sites for hydroxylation is 1. The standard InChI is InChI=1S/C17H12N4O2S/c1-10-2-4-11(5-3-10)16-9-15(19-23-16)17(22)18-12-6-7-13-14(8-12)21-24-20-13/h2-9H,1H3,(H,18,22). The second-order valence-electron chi connectivity index (χ2n) is 5.36. The highest BCUT2D eigenvalue weighted by atomic mass is 32.1. The summed E-state index contributed by atoms with van der Waals surface area (Å²) >= 11 is 1.14. The largest absolute Gasteiger partial charge is 0.355 e. The van der Waals surface area contributed by atoms with Crippen LogP contribution >= 0.6 is 11.7 Å². The Morgan fingerprint density at radius 3 is 2.67 bits per heavy atom. The normalized spacial score (nSPS) is 10.9. The number of benzene rings is 2. The molecule has 2 aromatic carbocycles. The first kappa shape index (κ1) is 14.5. The molecule has 6 nitrogen and oxygen atoms in total. The number of nitrogens with zero attached hydrogens (tertiary/aromatic N) is 3. The first-order valence-corrected chi connectivity index (χ1v) is 7.99. The summed E-state index contributed by atoms with van der Waals surface area (Å²) < 4.78 is 13.6. The van der Waals surface area contributed by atoms with E-state index in [9.17, 15) is 4.79 Å². The molecule has 1 N–H and O–H groups in total. The third kappa shape index (κ3) is 2.77. The van der Waals surface area contributed by atoms with Gasteiger partial charge in [0.05, 0.1) is 11.7 Å². The van der Waals surface area contributed by atoms with Crippen molar-refractivity contribution >= 4 is 34.4 Å². The third-order valence-corrected chi connectivity index (χ3v) is 4.15. The molecule has 2 aromatic heterocycles. The molecule has 7 heteroatoms. The molecule has 0 spiro atoms. The van der Waals surface area contributed by atoms with Crippen molar-refractivity contribution in [3.63, 3.8) is 0 Å². The lowest BCUT2D eigenvalue weighted by Crippen LogP contribution is -2.12. The molecular formula is C17H12N4O2S. The minimum absolute atomic E-state index is 0.224. The Morgan fingerprint density at radius 2 is 1.83 bits per heavy atom. The molecule has 4 rings (SSSR count). The lowest BCUT2D eigenvalue weighted by atomic mass is 10.1. The summed E-state index contributed by atoms with van der Waals surface area (Å²) in [7, 11) is 0. The molecule has 0 fully saturated rings. The van der Waals surface area contributed by atoms with Crippen LogP contribution in [0.4, 0.5) is 5.69 Å². The SMILES string of the molecule is Cc1ccc(-c2cc(C(=O)Nc3ccc4nsnc4c3)no2)cc1. The van der Waals surface area contributed by atoms with Crippen molar-refractivity contribution in [2.24, 2.45) is 0 Å². The highest BCUT2D eigenvalue weighted by Crippen LogP contribution is 2.22. The lowest BCUT2D eigenvalue weighted by Gasteiger charge is -2.01. The van der Waals surface area contributed by atoms with E-state index in [-0.39, 0.29) is 11.6 Å². The van der Waals surface area contributed by atoms with Gasteiger partial charge in [0.1, 0.15) is 11.0 Å². The van der Waals surface area contributed by atoms with Crippen LogP contribution in [0.25, 0.3) is 22.4 Å². The lowest BCUT2D eigenvalue weighted by molar-refractivity contribution is 0.101. The number of carbonyl (C=O) groups excluding carboxylic acids is 1. The van der Waals surface area contributed by atoms with Crippen LogP contribution in [0.3, 0.4) is 0 Å². The zero-order valence-electron chi connectivity index (χ0n) is 12.7. The van der Waals surface area contributed by atoms with Gasteiger partial charge in [-0.1, -0.05) is 35.0 Å². The van der Waals surface area contributed by atoms with E-state index in [1.54, 1.807) is 18.2 Å². The van der Waals surface area contributed by atoms with Crippen LogP contribution in [0.5, 0.6) is 0 Å². The number of hydrogen-bond donors (Lipinski definition) is 1. The maximum atomic E-state index is 12.3. The molecule has 0 saturated carbocycles. The van der Waals surface area contributed by atoms with Crippen molar-refractivity contribution in [3.05, 3.63) is 59.8 Å². The Hall–Kier alpha value is -3.06. The van der Waals surface area contributed by atoms with E-state index >= 15 is 0 Å². The van der Waals surface area contributed by atoms with Crippen LogP contribution in [0, 0.1) is 6.92 Å². The summed E-state index contributed by atoms with van der Waals surface area (Å²) in [6.07, 6.45) is 0. The summed E-state index contributed by atoms with van der Waals surface area (Å²) in [6.45, 7) is 2.01. The van der Waals surface area contributed by atoms with Gasteiger partial charge in [0.15, 0.2) is 11.5 Å². The summed E-state index contributed by atoms with van der Waals surface area (Å²) in [5.41, 5.74) is 4.45. The van der Waals surface area contributed by atoms with Gasteiger partial charge in [0.25, 0.3) is 5.91 Å². The molecular weight excluding hydrogens is 324 g/mol. The van der Waals surface area contributed by atoms with Gasteiger partial charge in [-0.05, 0) is 25.1 Å². The molecule has 0 saturated heterocycles. The molecule has 0 atom stereocenters. The molecule has 0 radical (unpaired) electrons. The van der Waals surface area contributed by atoms with Gasteiger partial charge in [0.2, 0.25) is 0 Å². The Morgan fingerprint density at radius 1 is 1.04 bits per heavy atom. The fourth-order valence-electron chi connectivity index (χ4n) is 2.29. The molecule has 1 amide bonds. The average Bonchev–Trinajstić information content (AvgIpc) is 3.24. The Balaban J connectivity index is 1.55. The fourth-order valence-corrected chi connectivity index (χ4v) is 2.81. The molecule has 2 heterocycles. The molecule has 118 valence electrons. The number of aromatic nitrogens is 3. The van der Waals surface area contributed by atoms with Crippen molar-refractivity contribution in [2.45, 2.75) is 6.92 Å². The van der Waals surface area contributed by atoms with Crippen LogP contribution in [0.2, 0.25) is 0 Å². The zero-order chi connectivity index (χ0) is 16.5. The molecule has 0 aliphatic carbocycles. The monoisotopic (exact) mass is 336 g/mol. The zero-order valence-corrected chi connectivity index (χ0v) is 13.5. The topological polar surface area (TPSA) is 80.9 Å². The predicted octanol–water partition coefficient (Wildman–Crippen LogP) is 3.91. The summed E-state index contributed by atoms with van der Waals surface area (Å²) in [5.74, 6) is 0.221. The molecule has 0 bridgehead atoms. The number of nitrogens with one attached hydrogen (secondary N) is 1. The highest BCUT2D eigenvalue weighted by Gasteiger charge is 2.14. The van der Waals surface area contributed by atoms with Crippen molar-refractivity contribution in [1.82, 2.24) is 13.9 Å². The molecule has 0 aliphatic rings. The second kappa shape index (κ2) is 5.86. The Bertz CT molecular complexity index is 1020. The van der Waals surface area contributed by atoms with Crippen LogP contribution in [0.1, 0.15) is 16.1 Å². The van der Waals surface area contributed by atoms with Crippen LogP contribution in [-0.4, -0.2) is 19.8 Å². The fraction of sp³-hybridized carbons (Fsp3) is 0.0588. The third-order valence-electron chi connectivity index (χ3n) is 3.59. The van der Waals surface area contributed by atoms with E-state index in [4.69, 9.17) is 4.52 Å². The van der Waals surface area contributed by atoms with Crippen molar-refractivity contribution in [2.75, 3.05) is 5.32 Å². The van der Waals surface area contributed by atoms with Crippen molar-refractivity contribution in [3.8, 4) is 11.3 Å². The summed E-state index contributed by atoms with van der Waals surface area (Å²) in [6, 6.07) is 14.8. The van der Waals surface area contributed by atoms with E-state index in [2.05, 4.69) is 19.2 Å². The van der Waals surface area contributed by atoms with Gasteiger partial charge >= 0.3 is 0 Å². The number of anilines is 1. The minimum Gasteiger partial charge on any atom is -0.355 e. The molecule has 4 aromatic rings. The van der Waals surface area contributed by atoms with Gasteiger partial charge in [-0.3, -0.25) is 4.79 Å². The maximum absolute atomic E-state index is 12.3. The number of carbonyl (C=O) groups is 1. The summed E-state index contributed by atoms with van der Waals surface area (Å²) in [4.78, 5) is 12.3. The van der Waals surface area contributed by atoms with Crippen LogP contribution in [0.15, 0.2) is 53.1 Å². The van der Waals surface area contributed by atoms with Crippen molar-refractivity contribution < 1.29 is 9.32 Å². The number of rotatable bonds is 3. The Kier molecular flexibility index (Phi) is 3.55. The van der Waals surface area contributed by atoms with Gasteiger partial charge < -0.3 is 9.84 Å². The minimum atomic E-state index is -0.334.